The molecule has 0 aliphatic carbocycles. The maximum atomic E-state index is 12.7. The maximum absolute atomic E-state index is 12.7. The fourth-order valence-corrected chi connectivity index (χ4v) is 3.36. The molecule has 0 aliphatic rings. The number of carbonyl (C=O) groups is 1. The molecular formula is C19H16N2O5S. The molecule has 1 aromatic carbocycles. The summed E-state index contributed by atoms with van der Waals surface area (Å²) in [7, 11) is 1.56. The first-order valence-corrected chi connectivity index (χ1v) is 9.13. The predicted molar refractivity (Wildman–Crippen MR) is 98.4 cm³/mol. The lowest BCUT2D eigenvalue weighted by Crippen LogP contribution is -2.11. The highest BCUT2D eigenvalue weighted by atomic mass is 32.1. The van der Waals surface area contributed by atoms with Crippen molar-refractivity contribution >= 4 is 28.3 Å². The molecule has 1 unspecified atom stereocenters. The fraction of sp³-hybridized carbons (Fsp3) is 0.211. The minimum Gasteiger partial charge on any atom is -0.449 e. The van der Waals surface area contributed by atoms with E-state index in [-0.39, 0.29) is 18.3 Å². The number of hydrogen-bond donors (Lipinski definition) is 0. The second kappa shape index (κ2) is 7.34. The molecule has 4 aromatic rings. The minimum atomic E-state index is -0.720. The summed E-state index contributed by atoms with van der Waals surface area (Å²) in [5, 5.41) is 10.7. The number of fused-ring (bicyclic) bond motifs is 1. The van der Waals surface area contributed by atoms with Gasteiger partial charge in [0.05, 0.1) is 11.5 Å². The summed E-state index contributed by atoms with van der Waals surface area (Å²) in [5.74, 6) is 0.118. The summed E-state index contributed by atoms with van der Waals surface area (Å²) in [5.41, 5.74) is 1.25. The van der Waals surface area contributed by atoms with Crippen LogP contribution in [0.5, 0.6) is 0 Å². The van der Waals surface area contributed by atoms with Crippen molar-refractivity contribution in [3.8, 4) is 10.8 Å². The van der Waals surface area contributed by atoms with Crippen LogP contribution in [0.4, 0.5) is 0 Å². The van der Waals surface area contributed by atoms with Crippen LogP contribution < -0.4 is 0 Å². The lowest BCUT2D eigenvalue weighted by molar-refractivity contribution is 0.0241. The normalized spacial score (nSPS) is 12.4. The van der Waals surface area contributed by atoms with Gasteiger partial charge in [0.15, 0.2) is 6.10 Å². The molecule has 0 radical (unpaired) electrons. The zero-order valence-corrected chi connectivity index (χ0v) is 15.5. The molecule has 0 saturated heterocycles. The number of aromatic nitrogens is 2. The molecule has 4 rings (SSSR count). The number of furan rings is 1. The van der Waals surface area contributed by atoms with Gasteiger partial charge < -0.3 is 18.3 Å². The van der Waals surface area contributed by atoms with Crippen LogP contribution in [0.2, 0.25) is 0 Å². The molecule has 1 atom stereocenters. The molecular weight excluding hydrogens is 368 g/mol. The van der Waals surface area contributed by atoms with E-state index in [1.54, 1.807) is 20.1 Å². The third kappa shape index (κ3) is 3.36. The molecule has 8 heteroatoms. The smallest absolute Gasteiger partial charge is 0.375 e. The van der Waals surface area contributed by atoms with Gasteiger partial charge in [-0.05, 0) is 24.4 Å². The second-order valence-electron chi connectivity index (χ2n) is 5.81. The highest BCUT2D eigenvalue weighted by Crippen LogP contribution is 2.30. The number of ether oxygens (including phenoxy) is 2. The molecule has 138 valence electrons. The van der Waals surface area contributed by atoms with E-state index < -0.39 is 12.1 Å². The number of benzene rings is 1. The van der Waals surface area contributed by atoms with Gasteiger partial charge in [-0.3, -0.25) is 0 Å². The number of hydrogen-bond acceptors (Lipinski definition) is 8. The average molecular weight is 384 g/mol. The van der Waals surface area contributed by atoms with Crippen molar-refractivity contribution in [3.63, 3.8) is 0 Å². The van der Waals surface area contributed by atoms with E-state index in [0.29, 0.717) is 17.0 Å². The van der Waals surface area contributed by atoms with Gasteiger partial charge in [0.1, 0.15) is 5.58 Å². The molecule has 0 bridgehead atoms. The molecule has 0 spiro atoms. The lowest BCUT2D eigenvalue weighted by atomic mass is 10.1. The molecule has 0 amide bonds. The Bertz CT molecular complexity index is 1070. The Kier molecular flexibility index (Phi) is 4.74. The van der Waals surface area contributed by atoms with Crippen molar-refractivity contribution in [3.05, 3.63) is 59.0 Å². The van der Waals surface area contributed by atoms with Crippen LogP contribution in [0, 0.1) is 0 Å². The number of thiophene rings is 1. The van der Waals surface area contributed by atoms with Crippen molar-refractivity contribution in [2.75, 3.05) is 7.11 Å². The average Bonchev–Trinajstić information content (AvgIpc) is 3.41. The van der Waals surface area contributed by atoms with Crippen LogP contribution >= 0.6 is 11.3 Å². The Morgan fingerprint density at radius 3 is 2.81 bits per heavy atom. The van der Waals surface area contributed by atoms with E-state index in [1.165, 1.54) is 11.3 Å². The summed E-state index contributed by atoms with van der Waals surface area (Å²) in [6.07, 6.45) is -0.720. The molecule has 0 N–H and O–H groups in total. The van der Waals surface area contributed by atoms with Crippen LogP contribution in [0.3, 0.4) is 0 Å². The summed E-state index contributed by atoms with van der Waals surface area (Å²) >= 11 is 1.49. The number of para-hydroxylation sites is 1. The van der Waals surface area contributed by atoms with Crippen molar-refractivity contribution in [1.29, 1.82) is 0 Å². The zero-order valence-electron chi connectivity index (χ0n) is 14.7. The summed E-state index contributed by atoms with van der Waals surface area (Å²) in [6, 6.07) is 11.2. The van der Waals surface area contributed by atoms with Gasteiger partial charge in [0.2, 0.25) is 5.76 Å². The Labute approximate surface area is 158 Å². The topological polar surface area (TPSA) is 87.6 Å². The SMILES string of the molecule is COCc1c(C(=O)OC(C)c2nnc(-c3cccs3)o2)oc2ccccc12. The van der Waals surface area contributed by atoms with E-state index in [2.05, 4.69) is 10.2 Å². The third-order valence-corrected chi connectivity index (χ3v) is 4.83. The molecule has 3 aromatic heterocycles. The standard InChI is InChI=1S/C19H16N2O5S/c1-11(17-20-21-18(26-17)15-8-5-9-27-15)24-19(22)16-13(10-23-2)12-6-3-4-7-14(12)25-16/h3-9,11H,10H2,1-2H3. The van der Waals surface area contributed by atoms with Crippen molar-refractivity contribution < 1.29 is 23.1 Å². The highest BCUT2D eigenvalue weighted by molar-refractivity contribution is 7.13. The Balaban J connectivity index is 1.57. The van der Waals surface area contributed by atoms with Gasteiger partial charge >= 0.3 is 5.97 Å². The first-order chi connectivity index (χ1) is 13.2. The van der Waals surface area contributed by atoms with Crippen molar-refractivity contribution in [2.45, 2.75) is 19.6 Å². The first kappa shape index (κ1) is 17.4. The number of esters is 1. The largest absolute Gasteiger partial charge is 0.449 e. The van der Waals surface area contributed by atoms with E-state index in [1.807, 2.05) is 35.7 Å². The first-order valence-electron chi connectivity index (χ1n) is 8.25. The van der Waals surface area contributed by atoms with E-state index >= 15 is 0 Å². The van der Waals surface area contributed by atoms with Gasteiger partial charge in [-0.2, -0.15) is 0 Å². The molecule has 3 heterocycles. The van der Waals surface area contributed by atoms with Crippen LogP contribution in [-0.4, -0.2) is 23.3 Å². The third-order valence-electron chi connectivity index (χ3n) is 3.98. The van der Waals surface area contributed by atoms with E-state index in [0.717, 1.165) is 10.3 Å². The minimum absolute atomic E-state index is 0.114. The summed E-state index contributed by atoms with van der Waals surface area (Å²) in [4.78, 5) is 13.5. The lowest BCUT2D eigenvalue weighted by Gasteiger charge is -2.08. The summed E-state index contributed by atoms with van der Waals surface area (Å²) in [6.45, 7) is 1.90. The van der Waals surface area contributed by atoms with Gasteiger partial charge in [0.25, 0.3) is 11.8 Å². The van der Waals surface area contributed by atoms with Gasteiger partial charge in [-0.25, -0.2) is 4.79 Å². The van der Waals surface area contributed by atoms with Crippen LogP contribution in [-0.2, 0) is 16.1 Å². The second-order valence-corrected chi connectivity index (χ2v) is 6.76. The van der Waals surface area contributed by atoms with Crippen molar-refractivity contribution in [1.82, 2.24) is 10.2 Å². The Morgan fingerprint density at radius 1 is 1.19 bits per heavy atom. The Morgan fingerprint density at radius 2 is 2.04 bits per heavy atom. The van der Waals surface area contributed by atoms with Crippen LogP contribution in [0.1, 0.15) is 35.0 Å². The van der Waals surface area contributed by atoms with Gasteiger partial charge in [0, 0.05) is 18.1 Å². The maximum Gasteiger partial charge on any atom is 0.375 e. The number of carbonyl (C=O) groups excluding carboxylic acids is 1. The quantitative estimate of drug-likeness (QED) is 0.449. The fourth-order valence-electron chi connectivity index (χ4n) is 2.71. The molecule has 0 aliphatic heterocycles. The number of methoxy groups -OCH3 is 1. The molecule has 0 saturated carbocycles. The van der Waals surface area contributed by atoms with Gasteiger partial charge in [-0.15, -0.1) is 21.5 Å². The van der Waals surface area contributed by atoms with E-state index in [9.17, 15) is 4.79 Å². The zero-order chi connectivity index (χ0) is 18.8. The molecule has 27 heavy (non-hydrogen) atoms. The van der Waals surface area contributed by atoms with Crippen LogP contribution in [0.15, 0.2) is 50.6 Å². The predicted octanol–water partition coefficient (Wildman–Crippen LogP) is 4.61. The van der Waals surface area contributed by atoms with Gasteiger partial charge in [-0.1, -0.05) is 24.3 Å². The number of rotatable bonds is 6. The summed E-state index contributed by atoms with van der Waals surface area (Å²) < 4.78 is 22.0. The molecule has 0 fully saturated rings. The highest BCUT2D eigenvalue weighted by Gasteiger charge is 2.26. The van der Waals surface area contributed by atoms with Crippen molar-refractivity contribution in [2.24, 2.45) is 0 Å². The van der Waals surface area contributed by atoms with Crippen LogP contribution in [0.25, 0.3) is 21.7 Å². The Hall–Kier alpha value is -2.97. The monoisotopic (exact) mass is 384 g/mol. The van der Waals surface area contributed by atoms with E-state index in [4.69, 9.17) is 18.3 Å². The number of nitrogens with zero attached hydrogens (tertiary/aromatic N) is 2. The molecule has 7 nitrogen and oxygen atoms in total.